The number of ether oxygens (including phenoxy) is 2. The topological polar surface area (TPSA) is 806 Å². The molecule has 3 aromatic carbocycles. The van der Waals surface area contributed by atoms with Crippen LogP contribution in [0.5, 0.6) is 23.0 Å². The molecule has 5 atom stereocenters. The number of nitrogens with one attached hydrogen (secondary N) is 15. The number of nitrogens with zero attached hydrogens (tertiary/aromatic N) is 5. The van der Waals surface area contributed by atoms with Crippen LogP contribution in [0.1, 0.15) is 166 Å². The number of amides is 11. The zero-order valence-electron chi connectivity index (χ0n) is 72.6. The number of nitrogens with two attached hydrogens (primary N) is 11. The van der Waals surface area contributed by atoms with Crippen LogP contribution in [0.25, 0.3) is 0 Å². The Balaban J connectivity index is 1.43. The number of benzene rings is 3. The summed E-state index contributed by atoms with van der Waals surface area (Å²) >= 11 is 0. The summed E-state index contributed by atoms with van der Waals surface area (Å²) in [5, 5.41) is 87.1. The number of carbonyl (C=O) groups excluding carboxylic acids is 12. The normalized spacial score (nSPS) is 13.1. The molecule has 0 aromatic heterocycles. The summed E-state index contributed by atoms with van der Waals surface area (Å²) in [5.41, 5.74) is 62.6. The number of primary amides is 1. The number of guanidine groups is 5. The first kappa shape index (κ1) is 105. The first-order valence-corrected chi connectivity index (χ1v) is 43.0. The van der Waals surface area contributed by atoms with Gasteiger partial charge in [0.15, 0.2) is 35.4 Å². The van der Waals surface area contributed by atoms with E-state index >= 15 is 9.59 Å². The van der Waals surface area contributed by atoms with Gasteiger partial charge in [-0.2, -0.15) is 0 Å². The van der Waals surface area contributed by atoms with Crippen LogP contribution in [0, 0.1) is 27.0 Å². The lowest BCUT2D eigenvalue weighted by Crippen LogP contribution is -2.56. The fraction of sp³-hybridized carbons (Fsp3) is 0.568. The molecule has 11 amide bonds. The number of esters is 1. The summed E-state index contributed by atoms with van der Waals surface area (Å²) < 4.78 is 12.3. The third-order valence-corrected chi connectivity index (χ3v) is 21.1. The Morgan fingerprint density at radius 1 is 0.344 bits per heavy atom. The fourth-order valence-electron chi connectivity index (χ4n) is 14.9. The highest BCUT2D eigenvalue weighted by atomic mass is 16.6. The van der Waals surface area contributed by atoms with Gasteiger partial charge in [0, 0.05) is 165 Å². The van der Waals surface area contributed by atoms with Crippen LogP contribution in [0.15, 0.2) is 54.6 Å². The minimum atomic E-state index is -1.62. The van der Waals surface area contributed by atoms with Gasteiger partial charge in [0.25, 0.3) is 5.91 Å². The van der Waals surface area contributed by atoms with Crippen molar-refractivity contribution in [3.05, 3.63) is 82.4 Å². The summed E-state index contributed by atoms with van der Waals surface area (Å²) in [6.07, 6.45) is 0.894. The van der Waals surface area contributed by atoms with Crippen molar-refractivity contribution in [2.75, 3.05) is 131 Å². The van der Waals surface area contributed by atoms with Crippen LogP contribution < -0.4 is 121 Å². The van der Waals surface area contributed by atoms with Gasteiger partial charge in [-0.25, -0.2) is 4.79 Å². The highest BCUT2D eigenvalue weighted by Gasteiger charge is 2.54. The van der Waals surface area contributed by atoms with Gasteiger partial charge in [-0.3, -0.25) is 79.8 Å². The maximum Gasteiger partial charge on any atom is 0.340 e. The van der Waals surface area contributed by atoms with E-state index < -0.39 is 107 Å². The molecule has 0 aliphatic carbocycles. The van der Waals surface area contributed by atoms with E-state index in [1.807, 2.05) is 0 Å². The van der Waals surface area contributed by atoms with Crippen molar-refractivity contribution in [1.82, 2.24) is 77.7 Å². The minimum absolute atomic E-state index is 0.0114. The Kier molecular flexibility index (Phi) is 45.6. The van der Waals surface area contributed by atoms with Crippen molar-refractivity contribution in [3.8, 4) is 23.0 Å². The molecule has 47 nitrogen and oxygen atoms in total. The Labute approximate surface area is 743 Å². The lowest BCUT2D eigenvalue weighted by molar-refractivity contribution is -0.143. The number of fused-ring (bicyclic) bond motifs is 6. The van der Waals surface area contributed by atoms with E-state index in [0.717, 1.165) is 0 Å². The number of phenolic OH excluding ortho intramolecular Hbond substituents is 2. The van der Waals surface area contributed by atoms with E-state index in [0.29, 0.717) is 16.7 Å². The molecule has 0 unspecified atom stereocenters. The molecule has 0 fully saturated rings. The molecule has 2 aliphatic rings. The molecule has 39 N–H and O–H groups in total. The van der Waals surface area contributed by atoms with Gasteiger partial charge in [0.1, 0.15) is 53.2 Å². The average Bonchev–Trinajstić information content (AvgIpc) is 1.54. The molecule has 1 spiro atoms. The molecule has 708 valence electrons. The second kappa shape index (κ2) is 55.3. The molecule has 0 saturated heterocycles. The second-order valence-electron chi connectivity index (χ2n) is 30.5. The maximum atomic E-state index is 15.1. The lowest BCUT2D eigenvalue weighted by atomic mass is 9.77. The predicted molar refractivity (Wildman–Crippen MR) is 476 cm³/mol. The highest BCUT2D eigenvalue weighted by Crippen LogP contribution is 2.57. The minimum Gasteiger partial charge on any atom is -0.508 e. The van der Waals surface area contributed by atoms with E-state index in [1.165, 1.54) is 73.0 Å². The number of aromatic hydroxyl groups is 2. The second-order valence-corrected chi connectivity index (χ2v) is 30.5. The van der Waals surface area contributed by atoms with Crippen LogP contribution in [0.2, 0.25) is 0 Å². The Morgan fingerprint density at radius 3 is 0.883 bits per heavy atom. The van der Waals surface area contributed by atoms with E-state index in [2.05, 4.69) is 53.2 Å². The molecule has 2 heterocycles. The molecule has 3 aromatic rings. The van der Waals surface area contributed by atoms with Gasteiger partial charge in [-0.05, 0) is 165 Å². The summed E-state index contributed by atoms with van der Waals surface area (Å²) in [5.74, 6) is -9.79. The molecular weight excluding hydrogens is 1660 g/mol. The van der Waals surface area contributed by atoms with Crippen molar-refractivity contribution in [2.45, 2.75) is 164 Å². The molecule has 2 aliphatic heterocycles. The van der Waals surface area contributed by atoms with Crippen molar-refractivity contribution < 1.29 is 77.2 Å². The van der Waals surface area contributed by atoms with Gasteiger partial charge in [0.05, 0.1) is 5.56 Å². The van der Waals surface area contributed by atoms with Crippen LogP contribution in [-0.4, -0.2) is 297 Å². The van der Waals surface area contributed by atoms with Gasteiger partial charge in [-0.1, -0.05) is 6.07 Å². The molecular formula is C81H133N31O16. The summed E-state index contributed by atoms with van der Waals surface area (Å²) in [6, 6.07) is 6.49. The van der Waals surface area contributed by atoms with Crippen LogP contribution in [-0.2, 0) is 58.3 Å². The number of carbonyl (C=O) groups is 12. The zero-order valence-corrected chi connectivity index (χ0v) is 72.6. The van der Waals surface area contributed by atoms with Crippen molar-refractivity contribution in [3.63, 3.8) is 0 Å². The molecule has 47 heteroatoms. The van der Waals surface area contributed by atoms with Gasteiger partial charge >= 0.3 is 5.97 Å². The van der Waals surface area contributed by atoms with Crippen molar-refractivity contribution in [2.24, 2.45) is 63.1 Å². The molecule has 0 saturated carbocycles. The Hall–Kier alpha value is -13.2. The molecule has 0 radical (unpaired) electrons. The third-order valence-electron chi connectivity index (χ3n) is 21.1. The van der Waals surface area contributed by atoms with Crippen LogP contribution in [0.3, 0.4) is 0 Å². The summed E-state index contributed by atoms with van der Waals surface area (Å²) in [4.78, 5) is 179. The molecule has 0 bridgehead atoms. The average molecular weight is 1800 g/mol. The first-order chi connectivity index (χ1) is 61.2. The largest absolute Gasteiger partial charge is 0.508 e. The monoisotopic (exact) mass is 1800 g/mol. The first-order valence-electron chi connectivity index (χ1n) is 43.0. The molecule has 5 rings (SSSR count). The number of phenols is 2. The van der Waals surface area contributed by atoms with Crippen LogP contribution >= 0.6 is 0 Å². The number of rotatable bonds is 61. The van der Waals surface area contributed by atoms with Crippen LogP contribution in [0.4, 0.5) is 0 Å². The SMILES string of the molecule is N=C(N)NCCC[C@@H](C(N)=O)N(CCNC(=O)[C@H](CCCNC(=N)N)N(CCNC(=O)[C@H](CCCNC(=N)N)N(CCNC(=O)[C@H](CCCNC(=N)N)N(CCNC(=O)[C@H](CCCNC(=N)N)N(CCNC(=O)c1ccc2c(c1)C(=O)OC21c2ccc(O)cc2Oc2cc(O)ccc21)C(=O)CCCN)C(=O)CCCN)C(=O)CCCN)C(=O)CCCN)C(=O)CCCN. The fourth-order valence-corrected chi connectivity index (χ4v) is 14.9. The lowest BCUT2D eigenvalue weighted by Gasteiger charge is -2.36. The van der Waals surface area contributed by atoms with E-state index in [4.69, 9.17) is 99.6 Å². The van der Waals surface area contributed by atoms with E-state index in [1.54, 1.807) is 6.07 Å². The van der Waals surface area contributed by atoms with Gasteiger partial charge in [0.2, 0.25) is 59.1 Å². The smallest absolute Gasteiger partial charge is 0.340 e. The maximum absolute atomic E-state index is 15.1. The van der Waals surface area contributed by atoms with Crippen molar-refractivity contribution >= 4 is 101 Å². The summed E-state index contributed by atoms with van der Waals surface area (Å²) in [6.45, 7) is -2.10. The quantitative estimate of drug-likeness (QED) is 0.0108. The van der Waals surface area contributed by atoms with E-state index in [-0.39, 0.29) is 323 Å². The Bertz CT molecular complexity index is 4240. The van der Waals surface area contributed by atoms with Gasteiger partial charge in [-0.15, -0.1) is 0 Å². The zero-order chi connectivity index (χ0) is 94.4. The van der Waals surface area contributed by atoms with Gasteiger partial charge < -0.3 is 160 Å². The third kappa shape index (κ3) is 33.3. The number of hydrogen-bond acceptors (Lipinski definition) is 26. The molecule has 128 heavy (non-hydrogen) atoms. The van der Waals surface area contributed by atoms with Crippen molar-refractivity contribution in [1.29, 1.82) is 27.0 Å². The number of hydrogen-bond donors (Lipinski definition) is 28. The standard InChI is InChI=1S/C81H133N31O16/c82-27-1-16-64(115)108(57(69(87)120)11-6-32-103-76(88)89)42-38-99-71(122)59(13-8-34-105-78(92)93)110(66(117)18-3-29-84)44-40-101-73(124)61(15-10-36-107-80(96)97)112(68(119)20-5-31-86)46-41-102-74(125)60(14-9-35-106-79(94)95)111(67(118)19-4-30-85)45-39-100-72(123)58(12-7-33-104-77(90)91)109(65(116)17-2-28-83)43-37-98-70(121)50-21-24-54-53(47-50)75(126)128-81(54)55-25-22-51(113)48-62(55)127-63-49-52(114)23-26-56(63)81/h21-26,47-49,57-61,113-114H,1-20,27-46,82-86H2,(H2,87,120)(H,98,121)(H,99,122)(H,100,123)(H,101,124)(H,102,125)(H4,88,89,103)(H4,90,91,104)(H4,92,93,105)(H4,94,95,106)(H4,96,97,107)/t57-,58-,59-,60-,61-/m0/s1. The predicted octanol–water partition coefficient (Wildman–Crippen LogP) is -5.66. The summed E-state index contributed by atoms with van der Waals surface area (Å²) in [7, 11) is 0. The Morgan fingerprint density at radius 2 is 0.609 bits per heavy atom. The van der Waals surface area contributed by atoms with E-state index in [9.17, 15) is 58.2 Å². The highest BCUT2D eigenvalue weighted by molar-refractivity contribution is 6.02.